The fourth-order valence-corrected chi connectivity index (χ4v) is 31.2. The number of nitrogens with one attached hydrogen (secondary N) is 2. The number of likely N-dealkylation sites (N-methyl/N-ethyl adjacent to an activating group) is 1. The summed E-state index contributed by atoms with van der Waals surface area (Å²) in [6.45, 7) is 16.9. The third kappa shape index (κ3) is 25.8. The Morgan fingerprint density at radius 1 is 0.564 bits per heavy atom. The van der Waals surface area contributed by atoms with Crippen LogP contribution in [0.2, 0.25) is 0 Å². The van der Waals surface area contributed by atoms with E-state index in [1.54, 1.807) is 48.6 Å². The number of phosphoric acid groups is 2. The van der Waals surface area contributed by atoms with Gasteiger partial charge in [0, 0.05) is 98.1 Å². The molecule has 11 unspecified atom stereocenters. The number of rotatable bonds is 54. The van der Waals surface area contributed by atoms with Crippen molar-refractivity contribution in [1.82, 2.24) is 10.6 Å². The highest BCUT2D eigenvalue weighted by molar-refractivity contribution is 7.48. The number of allylic oxidation sites excluding steroid dienone is 7. The van der Waals surface area contributed by atoms with Crippen molar-refractivity contribution >= 4 is 50.7 Å². The number of phosphoric ester groups is 2. The molecular weight excluding hydrogens is 1940 g/mol. The molecule has 0 radical (unpaired) electrons. The standard InChI is InChI=1S/C118H166N4O25P2/c1-7-121(8-2,74-86-65-84(45-51-100(86)145-148(132,133)134)97(126)72-119-57-27-9-11-31-61-137-63-33-25-39-80-35-17-13-18-36-80)76-105(130)140-79-102(129)118-104(141-113(144-118)83-43-23-16-24-44-83)70-95-92-49-48-89-68-91(124)69-103(117(89,6)94(92)54-56-116(95,118)5)147-149(135,136)146-101-52-46-85(98(127)73-120-58-28-10-12-32-62-138-64-34-26-40-81-37-19-14-20-38-81)66-87(101)75-122(59-29-30-60-122)77-106(131)139-78-99(128)109-111-110(142-112(143-111)82-41-21-15-22-42-82)108-93-50-47-88-67-90(123)53-55-114(88,3)107(93)96(125)71-115(108,109)4/h13-14,17-20,35-38,45-46,51-53,55,65-69,82-83,92-98,104,107-113,119-120,125-127H,7-12,15-16,21-34,39-44,47-50,54,56-64,70-79H2,1-6H3,(H-2,132,133,134,135,136)/p+2/t92?,93?,94?,95?,96?,97-,98?,104+,107?,108?,109+,110?,111?,112-,113-,114+,115+,116+,117+,118-/m1/s1. The number of ketones is 4. The van der Waals surface area contributed by atoms with Crippen LogP contribution in [0.4, 0.5) is 0 Å². The van der Waals surface area contributed by atoms with E-state index in [9.17, 15) is 48.9 Å². The van der Waals surface area contributed by atoms with Crippen molar-refractivity contribution in [1.29, 1.82) is 0 Å². The predicted octanol–water partition coefficient (Wildman–Crippen LogP) is 18.6. The number of nitrogens with zero attached hydrogens (tertiary/aromatic N) is 2. The van der Waals surface area contributed by atoms with E-state index in [0.717, 1.165) is 198 Å². The van der Waals surface area contributed by atoms with Crippen LogP contribution in [0.5, 0.6) is 11.5 Å². The highest BCUT2D eigenvalue weighted by Crippen LogP contribution is 2.73. The number of fused-ring (bicyclic) bond motifs is 14. The second kappa shape index (κ2) is 49.8. The third-order valence-corrected chi connectivity index (χ3v) is 38.9. The van der Waals surface area contributed by atoms with Crippen LogP contribution in [-0.4, -0.2) is 222 Å². The van der Waals surface area contributed by atoms with Crippen molar-refractivity contribution in [3.8, 4) is 11.5 Å². The number of aliphatic hydroxyl groups excluding tert-OH is 3. The van der Waals surface area contributed by atoms with E-state index in [-0.39, 0.29) is 131 Å². The lowest BCUT2D eigenvalue weighted by Crippen LogP contribution is -2.61. The number of unbranched alkanes of at least 4 members (excludes halogenated alkanes) is 8. The summed E-state index contributed by atoms with van der Waals surface area (Å²) in [5, 5.41) is 43.1. The Bertz CT molecular complexity index is 5480. The molecule has 10 aliphatic carbocycles. The number of Topliss-reactive ketones (excluding diaryl/α,β-unsaturated/α-hetero) is 2. The highest BCUT2D eigenvalue weighted by atomic mass is 31.2. The van der Waals surface area contributed by atoms with Gasteiger partial charge in [0.05, 0.1) is 74.1 Å². The van der Waals surface area contributed by atoms with Crippen LogP contribution in [0.25, 0.3) is 0 Å². The van der Waals surface area contributed by atoms with Crippen molar-refractivity contribution in [3.05, 3.63) is 178 Å². The zero-order valence-electron chi connectivity index (χ0n) is 88.9. The summed E-state index contributed by atoms with van der Waals surface area (Å²) in [6, 6.07) is 30.6. The number of aryl methyl sites for hydroxylation is 2. The van der Waals surface area contributed by atoms with Gasteiger partial charge in [0.2, 0.25) is 5.78 Å². The van der Waals surface area contributed by atoms with Gasteiger partial charge in [-0.2, -0.15) is 0 Å². The summed E-state index contributed by atoms with van der Waals surface area (Å²) in [4.78, 5) is 122. The summed E-state index contributed by atoms with van der Waals surface area (Å²) < 4.78 is 99.5. The lowest BCUT2D eigenvalue weighted by Gasteiger charge is -2.59. The minimum atomic E-state index is -5.34. The van der Waals surface area contributed by atoms with E-state index < -0.39 is 135 Å². The first-order valence-electron chi connectivity index (χ1n) is 56.7. The Morgan fingerprint density at radius 3 is 1.73 bits per heavy atom. The molecule has 3 heterocycles. The second-order valence-corrected chi connectivity index (χ2v) is 49.4. The number of esters is 2. The fraction of sp³-hybridized carbons (Fsp3) is 0.678. The minimum absolute atomic E-state index is 0.0163. The van der Waals surface area contributed by atoms with E-state index in [4.69, 9.17) is 51.5 Å². The number of hydrogen-bond donors (Lipinski definition) is 8. The summed E-state index contributed by atoms with van der Waals surface area (Å²) in [5.74, 6) is -4.53. The number of ether oxygens (including phenoxy) is 8. The molecule has 4 aromatic rings. The van der Waals surface area contributed by atoms with Gasteiger partial charge in [-0.3, -0.25) is 33.9 Å². The largest absolute Gasteiger partial charge is 0.584 e. The molecule has 29 nitrogen and oxygen atoms in total. The lowest BCUT2D eigenvalue weighted by molar-refractivity contribution is -0.931. The first-order valence-corrected chi connectivity index (χ1v) is 59.8. The third-order valence-electron chi connectivity index (χ3n) is 37.6. The van der Waals surface area contributed by atoms with Gasteiger partial charge in [-0.25, -0.2) is 18.7 Å². The van der Waals surface area contributed by atoms with Crippen LogP contribution >= 0.6 is 15.6 Å². The Hall–Kier alpha value is -7.32. The zero-order valence-corrected chi connectivity index (χ0v) is 90.7. The number of carbonyl (C=O) groups is 6. The molecular formula is C118H168N4O25P2+2. The van der Waals surface area contributed by atoms with Gasteiger partial charge in [0.15, 0.2) is 61.8 Å². The molecule has 31 heteroatoms. The Morgan fingerprint density at radius 2 is 1.12 bits per heavy atom. The SMILES string of the molecule is CC[N+](CC)(CC(=O)OCC(=O)[C@@]12O[C@H](C3CCCCC3)O[C@H]1CC1C3CCC4=CC(=O)C=C(OP(=O)(O)Oc5ccc(C(O)CNCCCCCCOCCCCc6ccccc6)cc5C[N+]5(CC(=O)OCC(=O)[C@H]6C7O[C@H](C8CCCCC8)OC7C7C8CCC9=CC(=O)C=C[C@]9(C)C8C(O)C[C@@]76C)CCCC5)[C@]4(C)C3CC[C@@]12C)Cc1cc([C@H](O)CNCCCCCCOCCCCc2ccccc2)ccc1OP(=O)(O)O. The van der Waals surface area contributed by atoms with Crippen LogP contribution in [0.3, 0.4) is 0 Å². The molecule has 8 N–H and O–H groups in total. The molecule has 3 aliphatic heterocycles. The van der Waals surface area contributed by atoms with E-state index >= 15 is 18.9 Å². The van der Waals surface area contributed by atoms with E-state index in [1.165, 1.54) is 23.3 Å². The molecule has 149 heavy (non-hydrogen) atoms. The number of benzene rings is 4. The number of quaternary nitrogens is 2. The molecule has 11 fully saturated rings. The topological polar surface area (TPSA) is 384 Å². The first-order chi connectivity index (χ1) is 71.7. The van der Waals surface area contributed by atoms with Crippen molar-refractivity contribution in [2.45, 2.75) is 328 Å². The van der Waals surface area contributed by atoms with Gasteiger partial charge >= 0.3 is 27.6 Å². The smallest absolute Gasteiger partial charge is 0.454 e. The molecule has 3 saturated heterocycles. The monoisotopic (exact) mass is 2100 g/mol. The van der Waals surface area contributed by atoms with Gasteiger partial charge in [-0.05, 0) is 275 Å². The van der Waals surface area contributed by atoms with Crippen LogP contribution in [0.15, 0.2) is 144 Å². The van der Waals surface area contributed by atoms with Gasteiger partial charge in [-0.15, -0.1) is 0 Å². The highest BCUT2D eigenvalue weighted by Gasteiger charge is 2.77. The predicted molar refractivity (Wildman–Crippen MR) is 562 cm³/mol. The Balaban J connectivity index is 0.562. The maximum atomic E-state index is 16.0. The van der Waals surface area contributed by atoms with Crippen molar-refractivity contribution in [3.63, 3.8) is 0 Å². The molecule has 0 bridgehead atoms. The molecule has 818 valence electrons. The van der Waals surface area contributed by atoms with Gasteiger partial charge in [0.1, 0.15) is 30.3 Å². The van der Waals surface area contributed by atoms with Crippen LogP contribution in [0, 0.1) is 74.9 Å². The summed E-state index contributed by atoms with van der Waals surface area (Å²) in [6.07, 6.45) is 31.5. The van der Waals surface area contributed by atoms with E-state index in [2.05, 4.69) is 79.9 Å². The van der Waals surface area contributed by atoms with Gasteiger partial charge < -0.3 is 86.4 Å². The van der Waals surface area contributed by atoms with Crippen LogP contribution in [0.1, 0.15) is 293 Å². The Kier molecular flexibility index (Phi) is 37.7. The second-order valence-electron chi connectivity index (χ2n) is 47.0. The lowest BCUT2D eigenvalue weighted by atomic mass is 9.46. The summed E-state index contributed by atoms with van der Waals surface area (Å²) >= 11 is 0. The molecule has 0 aromatic heterocycles. The fourth-order valence-electron chi connectivity index (χ4n) is 29.8. The molecule has 0 amide bonds. The molecule has 8 saturated carbocycles. The van der Waals surface area contributed by atoms with Crippen molar-refractivity contribution in [2.75, 3.05) is 105 Å². The molecule has 17 rings (SSSR count). The molecule has 4 aromatic carbocycles. The summed E-state index contributed by atoms with van der Waals surface area (Å²) in [5.41, 5.74) is 1.15. The molecule has 13 aliphatic rings. The average Bonchev–Trinajstić information content (AvgIpc) is 1.51. The van der Waals surface area contributed by atoms with Crippen molar-refractivity contribution < 1.29 is 128 Å². The van der Waals surface area contributed by atoms with Gasteiger partial charge in [0.25, 0.3) is 0 Å². The number of hydrogen-bond acceptors (Lipinski definition) is 24. The van der Waals surface area contributed by atoms with Crippen LogP contribution in [-0.2, 0) is 106 Å². The molecule has 21 atom stereocenters. The van der Waals surface area contributed by atoms with E-state index in [0.29, 0.717) is 113 Å². The van der Waals surface area contributed by atoms with Crippen LogP contribution < -0.4 is 19.7 Å². The maximum absolute atomic E-state index is 16.0. The first kappa shape index (κ1) is 113. The number of aliphatic hydroxyl groups is 3. The molecule has 0 spiro atoms. The van der Waals surface area contributed by atoms with Gasteiger partial charge in [-0.1, -0.05) is 175 Å². The zero-order chi connectivity index (χ0) is 105. The average molecular weight is 2100 g/mol. The number of likely N-dealkylation sites (tertiary alicyclic amines) is 1. The normalized spacial score (nSPS) is 30.8. The quantitative estimate of drug-likeness (QED) is 0.00881. The van der Waals surface area contributed by atoms with Crippen molar-refractivity contribution in [2.24, 2.45) is 74.9 Å². The minimum Gasteiger partial charge on any atom is -0.454 e. The van der Waals surface area contributed by atoms with E-state index in [1.807, 2.05) is 39.0 Å². The Labute approximate surface area is 881 Å². The maximum Gasteiger partial charge on any atom is 0.584 e. The summed E-state index contributed by atoms with van der Waals surface area (Å²) in [7, 11) is -10.4. The number of carbonyl (C=O) groups excluding carboxylic acids is 6.